The molecule has 23 heavy (non-hydrogen) atoms. The number of imidazole rings is 1. The zero-order valence-corrected chi connectivity index (χ0v) is 12.0. The van der Waals surface area contributed by atoms with E-state index in [1.54, 1.807) is 41.2 Å². The van der Waals surface area contributed by atoms with Crippen LogP contribution in [0.15, 0.2) is 48.9 Å². The average Bonchev–Trinajstić information content (AvgIpc) is 3.17. The predicted molar refractivity (Wildman–Crippen MR) is 84.1 cm³/mol. The molecule has 3 aromatic heterocycles. The summed E-state index contributed by atoms with van der Waals surface area (Å²) in [6.45, 7) is 0.301. The van der Waals surface area contributed by atoms with Crippen LogP contribution >= 0.6 is 0 Å². The molecule has 4 rings (SSSR count). The van der Waals surface area contributed by atoms with Crippen molar-refractivity contribution in [1.29, 1.82) is 0 Å². The zero-order chi connectivity index (χ0) is 15.8. The Morgan fingerprint density at radius 1 is 1.26 bits per heavy atom. The van der Waals surface area contributed by atoms with E-state index in [9.17, 15) is 9.90 Å². The van der Waals surface area contributed by atoms with E-state index in [0.29, 0.717) is 23.4 Å². The van der Waals surface area contributed by atoms with Crippen LogP contribution in [0.25, 0.3) is 16.6 Å². The number of nitrogens with one attached hydrogen (secondary N) is 2. The van der Waals surface area contributed by atoms with Crippen molar-refractivity contribution in [2.45, 2.75) is 6.54 Å². The molecule has 3 heterocycles. The lowest BCUT2D eigenvalue weighted by molar-refractivity contribution is 0.0952. The van der Waals surface area contributed by atoms with Crippen molar-refractivity contribution in [2.24, 2.45) is 0 Å². The highest BCUT2D eigenvalue weighted by molar-refractivity contribution is 6.05. The number of fused-ring (bicyclic) bond motifs is 2. The van der Waals surface area contributed by atoms with Gasteiger partial charge in [0.2, 0.25) is 0 Å². The summed E-state index contributed by atoms with van der Waals surface area (Å²) >= 11 is 0. The van der Waals surface area contributed by atoms with Gasteiger partial charge in [-0.25, -0.2) is 4.98 Å². The molecule has 0 unspecified atom stereocenters. The van der Waals surface area contributed by atoms with Crippen LogP contribution in [0.1, 0.15) is 16.1 Å². The standard InChI is InChI=1S/C16H13N5O2/c22-11-4-5-15-19-10(8-21(15)9-11)6-17-16(23)12-2-1-3-14-13(12)7-18-20-14/h1-5,7-9,22H,6H2,(H,17,23)(H,18,20). The number of rotatable bonds is 3. The van der Waals surface area contributed by atoms with Crippen LogP contribution in [0.3, 0.4) is 0 Å². The Labute approximate surface area is 130 Å². The number of nitrogens with zero attached hydrogens (tertiary/aromatic N) is 3. The molecule has 0 fully saturated rings. The Hall–Kier alpha value is -3.35. The number of benzene rings is 1. The van der Waals surface area contributed by atoms with Crippen molar-refractivity contribution in [3.8, 4) is 5.75 Å². The van der Waals surface area contributed by atoms with E-state index in [4.69, 9.17) is 0 Å². The van der Waals surface area contributed by atoms with Gasteiger partial charge < -0.3 is 14.8 Å². The number of H-pyrrole nitrogens is 1. The van der Waals surface area contributed by atoms with E-state index in [0.717, 1.165) is 10.9 Å². The number of aromatic amines is 1. The lowest BCUT2D eigenvalue weighted by atomic mass is 10.1. The van der Waals surface area contributed by atoms with Crippen LogP contribution in [0.2, 0.25) is 0 Å². The van der Waals surface area contributed by atoms with Crippen molar-refractivity contribution < 1.29 is 9.90 Å². The first-order valence-electron chi connectivity index (χ1n) is 7.07. The minimum atomic E-state index is -0.183. The van der Waals surface area contributed by atoms with Crippen molar-refractivity contribution >= 4 is 22.5 Å². The van der Waals surface area contributed by atoms with Crippen LogP contribution in [-0.4, -0.2) is 30.6 Å². The zero-order valence-electron chi connectivity index (χ0n) is 12.0. The molecule has 0 atom stereocenters. The molecule has 7 heteroatoms. The topological polar surface area (TPSA) is 95.3 Å². The maximum atomic E-state index is 12.4. The van der Waals surface area contributed by atoms with Gasteiger partial charge in [0.05, 0.1) is 35.7 Å². The number of aromatic hydroxyl groups is 1. The number of carbonyl (C=O) groups is 1. The fraction of sp³-hybridized carbons (Fsp3) is 0.0625. The second-order valence-corrected chi connectivity index (χ2v) is 5.20. The van der Waals surface area contributed by atoms with Gasteiger partial charge in [0.15, 0.2) is 0 Å². The van der Waals surface area contributed by atoms with Gasteiger partial charge in [0.25, 0.3) is 5.91 Å². The average molecular weight is 307 g/mol. The smallest absolute Gasteiger partial charge is 0.252 e. The summed E-state index contributed by atoms with van der Waals surface area (Å²) in [4.78, 5) is 16.8. The molecule has 0 bridgehead atoms. The van der Waals surface area contributed by atoms with Crippen LogP contribution < -0.4 is 5.32 Å². The molecule has 3 N–H and O–H groups in total. The fourth-order valence-corrected chi connectivity index (χ4v) is 2.55. The van der Waals surface area contributed by atoms with Gasteiger partial charge in [-0.1, -0.05) is 6.07 Å². The van der Waals surface area contributed by atoms with Crippen molar-refractivity contribution in [2.75, 3.05) is 0 Å². The third-order valence-electron chi connectivity index (χ3n) is 3.64. The van der Waals surface area contributed by atoms with E-state index in [1.165, 1.54) is 0 Å². The summed E-state index contributed by atoms with van der Waals surface area (Å²) in [5.41, 5.74) is 2.81. The SMILES string of the molecule is O=C(NCc1cn2cc(O)ccc2n1)c1cccc2[nH]ncc12. The number of aromatic nitrogens is 4. The van der Waals surface area contributed by atoms with Gasteiger partial charge in [-0.2, -0.15) is 5.10 Å². The molecule has 7 nitrogen and oxygen atoms in total. The summed E-state index contributed by atoms with van der Waals surface area (Å²) in [6.07, 6.45) is 4.98. The largest absolute Gasteiger partial charge is 0.506 e. The van der Waals surface area contributed by atoms with Crippen molar-refractivity contribution in [3.05, 3.63) is 60.2 Å². The third-order valence-corrected chi connectivity index (χ3v) is 3.64. The first-order chi connectivity index (χ1) is 11.2. The summed E-state index contributed by atoms with van der Waals surface area (Å²) in [6, 6.07) is 8.73. The molecule has 0 saturated heterocycles. The molecule has 1 aromatic carbocycles. The van der Waals surface area contributed by atoms with Gasteiger partial charge in [-0.3, -0.25) is 9.89 Å². The molecular weight excluding hydrogens is 294 g/mol. The third kappa shape index (κ3) is 2.38. The van der Waals surface area contributed by atoms with Crippen molar-refractivity contribution in [3.63, 3.8) is 0 Å². The lowest BCUT2D eigenvalue weighted by Crippen LogP contribution is -2.23. The Morgan fingerprint density at radius 2 is 2.17 bits per heavy atom. The summed E-state index contributed by atoms with van der Waals surface area (Å²) in [5.74, 6) is -0.0194. The van der Waals surface area contributed by atoms with Crippen LogP contribution in [0.5, 0.6) is 5.75 Å². The van der Waals surface area contributed by atoms with Gasteiger partial charge in [0, 0.05) is 11.6 Å². The van der Waals surface area contributed by atoms with Gasteiger partial charge in [-0.05, 0) is 24.3 Å². The predicted octanol–water partition coefficient (Wildman–Crippen LogP) is 1.85. The van der Waals surface area contributed by atoms with E-state index in [1.807, 2.05) is 12.1 Å². The Bertz CT molecular complexity index is 1020. The number of amides is 1. The molecule has 0 aliphatic carbocycles. The Balaban J connectivity index is 1.55. The molecule has 0 aliphatic rings. The number of pyridine rings is 1. The molecule has 4 aromatic rings. The molecule has 0 aliphatic heterocycles. The lowest BCUT2D eigenvalue weighted by Gasteiger charge is -2.04. The van der Waals surface area contributed by atoms with Crippen LogP contribution in [-0.2, 0) is 6.54 Å². The number of hydrogen-bond acceptors (Lipinski definition) is 4. The van der Waals surface area contributed by atoms with E-state index in [2.05, 4.69) is 20.5 Å². The van der Waals surface area contributed by atoms with Crippen molar-refractivity contribution in [1.82, 2.24) is 24.9 Å². The highest BCUT2D eigenvalue weighted by Gasteiger charge is 2.11. The quantitative estimate of drug-likeness (QED) is 0.538. The van der Waals surface area contributed by atoms with E-state index in [-0.39, 0.29) is 11.7 Å². The molecular formula is C16H13N5O2. The van der Waals surface area contributed by atoms with Gasteiger partial charge >= 0.3 is 0 Å². The van der Waals surface area contributed by atoms with Gasteiger partial charge in [-0.15, -0.1) is 0 Å². The maximum absolute atomic E-state index is 12.4. The Morgan fingerprint density at radius 3 is 3.09 bits per heavy atom. The minimum absolute atomic E-state index is 0.164. The Kier molecular flexibility index (Phi) is 2.97. The minimum Gasteiger partial charge on any atom is -0.506 e. The summed E-state index contributed by atoms with van der Waals surface area (Å²) in [7, 11) is 0. The normalized spacial score (nSPS) is 11.1. The second kappa shape index (κ2) is 5.13. The molecule has 0 radical (unpaired) electrons. The molecule has 114 valence electrons. The summed E-state index contributed by atoms with van der Waals surface area (Å²) in [5, 5.41) is 19.9. The number of carbonyl (C=O) groups excluding carboxylic acids is 1. The van der Waals surface area contributed by atoms with Gasteiger partial charge in [0.1, 0.15) is 11.4 Å². The fourth-order valence-electron chi connectivity index (χ4n) is 2.55. The monoisotopic (exact) mass is 307 g/mol. The highest BCUT2D eigenvalue weighted by Crippen LogP contribution is 2.16. The maximum Gasteiger partial charge on any atom is 0.252 e. The first-order valence-corrected chi connectivity index (χ1v) is 7.07. The highest BCUT2D eigenvalue weighted by atomic mass is 16.3. The second-order valence-electron chi connectivity index (χ2n) is 5.20. The van der Waals surface area contributed by atoms with Crippen LogP contribution in [0.4, 0.5) is 0 Å². The molecule has 0 spiro atoms. The summed E-state index contributed by atoms with van der Waals surface area (Å²) < 4.78 is 1.72. The first kappa shape index (κ1) is 13.3. The van der Waals surface area contributed by atoms with E-state index < -0.39 is 0 Å². The number of hydrogen-bond donors (Lipinski definition) is 3. The molecule has 0 saturated carbocycles. The van der Waals surface area contributed by atoms with Crippen LogP contribution in [0, 0.1) is 0 Å². The molecule has 1 amide bonds. The van der Waals surface area contributed by atoms with E-state index >= 15 is 0 Å².